The second-order valence-electron chi connectivity index (χ2n) is 5.72. The summed E-state index contributed by atoms with van der Waals surface area (Å²) in [5, 5.41) is 17.7. The van der Waals surface area contributed by atoms with Gasteiger partial charge in [0.05, 0.1) is 0 Å². The largest absolute Gasteiger partial charge is 0.454 e. The predicted octanol–water partition coefficient (Wildman–Crippen LogP) is 3.90. The second kappa shape index (κ2) is 6.15. The molecule has 2 aromatic heterocycles. The number of hydrogen-bond acceptors (Lipinski definition) is 7. The number of anilines is 2. The number of benzene rings is 2. The van der Waals surface area contributed by atoms with E-state index >= 15 is 0 Å². The molecular formula is C17H12ClN5O2S. The Bertz CT molecular complexity index is 1110. The number of fused-ring (bicyclic) bond motifs is 2. The standard InChI is InChI=1S/C17H12ClN5O2S/c18-11-2-1-3-12(8-11)19-16-22-23-15(20-21-17(23)26-16)7-10-4-5-13-14(6-10)25-9-24-13/h1-6,8H,7,9H2,(H,19,22). The van der Waals surface area contributed by atoms with Gasteiger partial charge >= 0.3 is 0 Å². The van der Waals surface area contributed by atoms with Gasteiger partial charge in [-0.1, -0.05) is 35.1 Å². The van der Waals surface area contributed by atoms with Gasteiger partial charge in [-0.05, 0) is 35.9 Å². The van der Waals surface area contributed by atoms with Crippen molar-refractivity contribution in [3.05, 3.63) is 58.9 Å². The molecule has 1 aliphatic rings. The SMILES string of the molecule is Clc1cccc(Nc2nn3c(Cc4ccc5c(c4)OCO5)nnc3s2)c1. The summed E-state index contributed by atoms with van der Waals surface area (Å²) in [7, 11) is 0. The van der Waals surface area contributed by atoms with E-state index in [1.54, 1.807) is 4.52 Å². The first kappa shape index (κ1) is 15.4. The normalized spacial score (nSPS) is 12.7. The van der Waals surface area contributed by atoms with Gasteiger partial charge in [0.15, 0.2) is 17.3 Å². The predicted molar refractivity (Wildman–Crippen MR) is 98.8 cm³/mol. The van der Waals surface area contributed by atoms with Gasteiger partial charge in [0.2, 0.25) is 16.9 Å². The van der Waals surface area contributed by atoms with Crippen molar-refractivity contribution in [1.82, 2.24) is 19.8 Å². The highest BCUT2D eigenvalue weighted by atomic mass is 35.5. The van der Waals surface area contributed by atoms with E-state index in [4.69, 9.17) is 21.1 Å². The van der Waals surface area contributed by atoms with E-state index in [0.29, 0.717) is 11.4 Å². The average Bonchev–Trinajstić information content (AvgIpc) is 3.32. The molecule has 0 radical (unpaired) electrons. The van der Waals surface area contributed by atoms with Crippen molar-refractivity contribution < 1.29 is 9.47 Å². The summed E-state index contributed by atoms with van der Waals surface area (Å²) >= 11 is 7.45. The lowest BCUT2D eigenvalue weighted by Crippen LogP contribution is -1.99. The number of hydrogen-bond donors (Lipinski definition) is 1. The van der Waals surface area contributed by atoms with Crippen molar-refractivity contribution in [2.24, 2.45) is 0 Å². The molecule has 0 atom stereocenters. The highest BCUT2D eigenvalue weighted by Crippen LogP contribution is 2.33. The van der Waals surface area contributed by atoms with Crippen LogP contribution in [0, 0.1) is 0 Å². The minimum absolute atomic E-state index is 0.262. The van der Waals surface area contributed by atoms with Gasteiger partial charge in [-0.3, -0.25) is 0 Å². The summed E-state index contributed by atoms with van der Waals surface area (Å²) in [6.07, 6.45) is 0.595. The quantitative estimate of drug-likeness (QED) is 0.574. The van der Waals surface area contributed by atoms with Gasteiger partial charge in [-0.15, -0.1) is 15.3 Å². The van der Waals surface area contributed by atoms with Crippen LogP contribution in [0.2, 0.25) is 5.02 Å². The van der Waals surface area contributed by atoms with Crippen LogP contribution in [-0.4, -0.2) is 26.6 Å². The maximum Gasteiger partial charge on any atom is 0.236 e. The number of nitrogens with zero attached hydrogens (tertiary/aromatic N) is 4. The Hall–Kier alpha value is -2.84. The highest BCUT2D eigenvalue weighted by Gasteiger charge is 2.16. The van der Waals surface area contributed by atoms with Crippen molar-refractivity contribution in [3.8, 4) is 11.5 Å². The minimum atomic E-state index is 0.262. The molecule has 1 N–H and O–H groups in total. The molecule has 7 nitrogen and oxygen atoms in total. The third kappa shape index (κ3) is 2.83. The zero-order chi connectivity index (χ0) is 17.5. The number of rotatable bonds is 4. The van der Waals surface area contributed by atoms with Crippen LogP contribution in [0.3, 0.4) is 0 Å². The number of ether oxygens (including phenoxy) is 2. The molecule has 0 saturated carbocycles. The maximum absolute atomic E-state index is 6.02. The Morgan fingerprint density at radius 3 is 2.96 bits per heavy atom. The Kier molecular flexibility index (Phi) is 3.65. The fraction of sp³-hybridized carbons (Fsp3) is 0.118. The van der Waals surface area contributed by atoms with Gasteiger partial charge in [0.25, 0.3) is 0 Å². The van der Waals surface area contributed by atoms with Crippen LogP contribution in [0.1, 0.15) is 11.4 Å². The van der Waals surface area contributed by atoms with E-state index in [2.05, 4.69) is 20.6 Å². The van der Waals surface area contributed by atoms with E-state index in [0.717, 1.165) is 38.7 Å². The van der Waals surface area contributed by atoms with Crippen LogP contribution < -0.4 is 14.8 Å². The molecule has 9 heteroatoms. The second-order valence-corrected chi connectivity index (χ2v) is 7.11. The molecule has 0 aliphatic carbocycles. The van der Waals surface area contributed by atoms with Gasteiger partial charge in [-0.2, -0.15) is 4.52 Å². The van der Waals surface area contributed by atoms with Crippen LogP contribution >= 0.6 is 22.9 Å². The van der Waals surface area contributed by atoms with Crippen molar-refractivity contribution >= 4 is 38.7 Å². The molecule has 0 unspecified atom stereocenters. The number of halogens is 1. The summed E-state index contributed by atoms with van der Waals surface area (Å²) in [6.45, 7) is 0.262. The van der Waals surface area contributed by atoms with Gasteiger partial charge in [-0.25, -0.2) is 0 Å². The Morgan fingerprint density at radius 1 is 1.12 bits per heavy atom. The molecule has 1 aliphatic heterocycles. The summed E-state index contributed by atoms with van der Waals surface area (Å²) < 4.78 is 12.5. The average molecular weight is 386 g/mol. The third-order valence-electron chi connectivity index (χ3n) is 3.93. The molecular weight excluding hydrogens is 374 g/mol. The molecule has 3 heterocycles. The lowest BCUT2D eigenvalue weighted by molar-refractivity contribution is 0.174. The molecule has 2 aromatic carbocycles. The molecule has 0 spiro atoms. The van der Waals surface area contributed by atoms with E-state index in [9.17, 15) is 0 Å². The van der Waals surface area contributed by atoms with Gasteiger partial charge in [0.1, 0.15) is 0 Å². The van der Waals surface area contributed by atoms with Crippen LogP contribution in [0.4, 0.5) is 10.8 Å². The first-order valence-electron chi connectivity index (χ1n) is 7.87. The summed E-state index contributed by atoms with van der Waals surface area (Å²) in [6, 6.07) is 13.3. The van der Waals surface area contributed by atoms with Crippen LogP contribution in [-0.2, 0) is 6.42 Å². The lowest BCUT2D eigenvalue weighted by Gasteiger charge is -2.02. The molecule has 4 aromatic rings. The fourth-order valence-corrected chi connectivity index (χ4v) is 3.71. The van der Waals surface area contributed by atoms with Crippen LogP contribution in [0.5, 0.6) is 11.5 Å². The van der Waals surface area contributed by atoms with E-state index in [1.807, 2.05) is 42.5 Å². The number of aromatic nitrogens is 4. The molecule has 26 heavy (non-hydrogen) atoms. The summed E-state index contributed by atoms with van der Waals surface area (Å²) in [5.74, 6) is 2.28. The Balaban J connectivity index is 1.41. The smallest absolute Gasteiger partial charge is 0.236 e. The molecule has 0 saturated heterocycles. The Morgan fingerprint density at radius 2 is 2.04 bits per heavy atom. The Labute approximate surface area is 157 Å². The molecule has 0 fully saturated rings. The first-order valence-corrected chi connectivity index (χ1v) is 9.06. The van der Waals surface area contributed by atoms with Crippen molar-refractivity contribution in [2.75, 3.05) is 12.1 Å². The van der Waals surface area contributed by atoms with Crippen molar-refractivity contribution in [2.45, 2.75) is 6.42 Å². The van der Waals surface area contributed by atoms with Gasteiger partial charge in [0, 0.05) is 17.1 Å². The molecule has 130 valence electrons. The van der Waals surface area contributed by atoms with E-state index < -0.39 is 0 Å². The van der Waals surface area contributed by atoms with Crippen molar-refractivity contribution in [1.29, 1.82) is 0 Å². The summed E-state index contributed by atoms with van der Waals surface area (Å²) in [5.41, 5.74) is 1.93. The topological polar surface area (TPSA) is 73.6 Å². The molecule has 0 amide bonds. The van der Waals surface area contributed by atoms with Crippen molar-refractivity contribution in [3.63, 3.8) is 0 Å². The third-order valence-corrected chi connectivity index (χ3v) is 4.98. The molecule has 5 rings (SSSR count). The minimum Gasteiger partial charge on any atom is -0.454 e. The number of nitrogens with one attached hydrogen (secondary N) is 1. The van der Waals surface area contributed by atoms with Crippen LogP contribution in [0.25, 0.3) is 4.96 Å². The van der Waals surface area contributed by atoms with E-state index in [-0.39, 0.29) is 6.79 Å². The zero-order valence-corrected chi connectivity index (χ0v) is 14.9. The highest BCUT2D eigenvalue weighted by molar-refractivity contribution is 7.20. The van der Waals surface area contributed by atoms with Crippen LogP contribution in [0.15, 0.2) is 42.5 Å². The zero-order valence-electron chi connectivity index (χ0n) is 13.3. The van der Waals surface area contributed by atoms with Gasteiger partial charge < -0.3 is 14.8 Å². The maximum atomic E-state index is 6.02. The first-order chi connectivity index (χ1) is 12.7. The fourth-order valence-electron chi connectivity index (χ4n) is 2.74. The molecule has 0 bridgehead atoms. The lowest BCUT2D eigenvalue weighted by atomic mass is 10.1. The van der Waals surface area contributed by atoms with E-state index in [1.165, 1.54) is 11.3 Å². The summed E-state index contributed by atoms with van der Waals surface area (Å²) in [4.78, 5) is 0.727. The monoisotopic (exact) mass is 385 g/mol.